The topological polar surface area (TPSA) is 155 Å². The molecule has 6 N–H and O–H groups in total. The number of benzene rings is 2. The van der Waals surface area contributed by atoms with E-state index in [0.29, 0.717) is 16.9 Å². The number of nitrogens with two attached hydrogens (primary N) is 3. The normalized spacial score (nSPS) is 12.3. The lowest BCUT2D eigenvalue weighted by atomic mass is 9.97. The fourth-order valence-corrected chi connectivity index (χ4v) is 2.32. The molecule has 0 aliphatic carbocycles. The molecular formula is C20H26N4O4. The summed E-state index contributed by atoms with van der Waals surface area (Å²) in [5.41, 5.74) is 19.2. The highest BCUT2D eigenvalue weighted by molar-refractivity contribution is 5.84. The van der Waals surface area contributed by atoms with E-state index in [0.717, 1.165) is 5.56 Å². The van der Waals surface area contributed by atoms with E-state index < -0.39 is 4.92 Å². The van der Waals surface area contributed by atoms with Crippen LogP contribution < -0.4 is 17.2 Å². The summed E-state index contributed by atoms with van der Waals surface area (Å²) in [5.74, 6) is -0.356. The smallest absolute Gasteiger partial charge is 0.292 e. The van der Waals surface area contributed by atoms with Crippen molar-refractivity contribution in [2.45, 2.75) is 39.5 Å². The lowest BCUT2D eigenvalue weighted by Crippen LogP contribution is -2.05. The fourth-order valence-electron chi connectivity index (χ4n) is 2.32. The Morgan fingerprint density at radius 3 is 1.64 bits per heavy atom. The second-order valence-electron chi connectivity index (χ2n) is 6.63. The highest BCUT2D eigenvalue weighted by atomic mass is 16.6. The number of ketones is 2. The Balaban J connectivity index is 0.000000283. The summed E-state index contributed by atoms with van der Waals surface area (Å²) in [6.45, 7) is 6.58. The standard InChI is InChI=1S/C10H12N2O3.C10H14N2O/c1-6(7(2)13)8-3-4-9(11)10(5-8)12(14)15;1-6(7(2)13)8-3-4-9(11)10(12)5-8/h3-6H,11H2,1-2H3;3-6H,11-12H2,1-2H3. The number of rotatable bonds is 5. The van der Waals surface area contributed by atoms with Gasteiger partial charge in [-0.05, 0) is 43.2 Å². The molecule has 2 unspecified atom stereocenters. The first-order chi connectivity index (χ1) is 13.0. The van der Waals surface area contributed by atoms with Crippen LogP contribution in [0.1, 0.15) is 50.7 Å². The van der Waals surface area contributed by atoms with Crippen molar-refractivity contribution in [2.24, 2.45) is 0 Å². The lowest BCUT2D eigenvalue weighted by molar-refractivity contribution is -0.384. The number of hydrogen-bond donors (Lipinski definition) is 3. The third-order valence-electron chi connectivity index (χ3n) is 4.58. The molecule has 0 bridgehead atoms. The number of carbonyl (C=O) groups excluding carboxylic acids is 2. The number of nitrogen functional groups attached to an aromatic ring is 3. The van der Waals surface area contributed by atoms with Crippen molar-refractivity contribution in [1.82, 2.24) is 0 Å². The van der Waals surface area contributed by atoms with Crippen LogP contribution in [0, 0.1) is 10.1 Å². The van der Waals surface area contributed by atoms with E-state index in [2.05, 4.69) is 0 Å². The number of nitro benzene ring substituents is 1. The van der Waals surface area contributed by atoms with Crippen LogP contribution >= 0.6 is 0 Å². The molecule has 0 saturated heterocycles. The van der Waals surface area contributed by atoms with Gasteiger partial charge in [-0.25, -0.2) is 0 Å². The average Bonchev–Trinajstić information content (AvgIpc) is 2.63. The van der Waals surface area contributed by atoms with Crippen LogP contribution in [0.25, 0.3) is 0 Å². The minimum absolute atomic E-state index is 0.0333. The van der Waals surface area contributed by atoms with Crippen LogP contribution in [-0.4, -0.2) is 16.5 Å². The van der Waals surface area contributed by atoms with Crippen LogP contribution in [0.5, 0.6) is 0 Å². The van der Waals surface area contributed by atoms with Crippen LogP contribution in [0.2, 0.25) is 0 Å². The van der Waals surface area contributed by atoms with Gasteiger partial charge >= 0.3 is 0 Å². The number of anilines is 3. The molecule has 28 heavy (non-hydrogen) atoms. The Hall–Kier alpha value is -3.42. The van der Waals surface area contributed by atoms with Crippen LogP contribution in [0.3, 0.4) is 0 Å². The van der Waals surface area contributed by atoms with Crippen LogP contribution in [0.4, 0.5) is 22.7 Å². The molecule has 0 spiro atoms. The first-order valence-corrected chi connectivity index (χ1v) is 8.65. The molecule has 0 saturated carbocycles. The number of nitro groups is 1. The van der Waals surface area contributed by atoms with E-state index in [1.54, 1.807) is 32.0 Å². The van der Waals surface area contributed by atoms with E-state index in [4.69, 9.17) is 17.2 Å². The predicted molar refractivity (Wildman–Crippen MR) is 111 cm³/mol. The monoisotopic (exact) mass is 386 g/mol. The van der Waals surface area contributed by atoms with Gasteiger partial charge in [0.15, 0.2) is 0 Å². The van der Waals surface area contributed by atoms with Crippen molar-refractivity contribution in [3.63, 3.8) is 0 Å². The van der Waals surface area contributed by atoms with Gasteiger partial charge in [0, 0.05) is 17.9 Å². The summed E-state index contributed by atoms with van der Waals surface area (Å²) in [5, 5.41) is 10.6. The first-order valence-electron chi connectivity index (χ1n) is 8.65. The molecule has 0 aliphatic rings. The maximum Gasteiger partial charge on any atom is 0.292 e. The molecule has 2 rings (SSSR count). The number of Topliss-reactive ketones (excluding diaryl/α,β-unsaturated/α-hetero) is 2. The summed E-state index contributed by atoms with van der Waals surface area (Å²) in [6, 6.07) is 9.74. The zero-order valence-corrected chi connectivity index (χ0v) is 16.4. The minimum Gasteiger partial charge on any atom is -0.397 e. The molecule has 0 aromatic heterocycles. The quantitative estimate of drug-likeness (QED) is 0.404. The molecule has 150 valence electrons. The van der Waals surface area contributed by atoms with E-state index in [1.165, 1.54) is 19.1 Å². The number of carbonyl (C=O) groups is 2. The molecule has 0 amide bonds. The second kappa shape index (κ2) is 9.50. The Kier molecular flexibility index (Phi) is 7.67. The molecular weight excluding hydrogens is 360 g/mol. The molecule has 2 aromatic rings. The third-order valence-corrected chi connectivity index (χ3v) is 4.58. The zero-order chi connectivity index (χ0) is 21.6. The Morgan fingerprint density at radius 1 is 0.821 bits per heavy atom. The van der Waals surface area contributed by atoms with E-state index in [9.17, 15) is 19.7 Å². The highest BCUT2D eigenvalue weighted by Gasteiger charge is 2.17. The van der Waals surface area contributed by atoms with Gasteiger partial charge in [0.05, 0.1) is 16.3 Å². The number of nitrogens with zero attached hydrogens (tertiary/aromatic N) is 1. The Morgan fingerprint density at radius 2 is 1.25 bits per heavy atom. The van der Waals surface area contributed by atoms with Gasteiger partial charge in [-0.1, -0.05) is 26.0 Å². The fraction of sp³-hybridized carbons (Fsp3) is 0.300. The van der Waals surface area contributed by atoms with Crippen molar-refractivity contribution in [3.8, 4) is 0 Å². The summed E-state index contributed by atoms with van der Waals surface area (Å²) in [6.07, 6.45) is 0. The van der Waals surface area contributed by atoms with Crippen molar-refractivity contribution in [1.29, 1.82) is 0 Å². The molecule has 0 aliphatic heterocycles. The summed E-state index contributed by atoms with van der Waals surface area (Å²) < 4.78 is 0. The average molecular weight is 386 g/mol. The van der Waals surface area contributed by atoms with E-state index >= 15 is 0 Å². The third kappa shape index (κ3) is 5.80. The Labute approximate surface area is 163 Å². The van der Waals surface area contributed by atoms with Crippen molar-refractivity contribution in [2.75, 3.05) is 17.2 Å². The largest absolute Gasteiger partial charge is 0.397 e. The van der Waals surface area contributed by atoms with E-state index in [-0.39, 0.29) is 34.8 Å². The summed E-state index contributed by atoms with van der Waals surface area (Å²) >= 11 is 0. The van der Waals surface area contributed by atoms with Crippen LogP contribution in [0.15, 0.2) is 36.4 Å². The molecule has 2 atom stereocenters. The van der Waals surface area contributed by atoms with Gasteiger partial charge in [0.2, 0.25) is 0 Å². The zero-order valence-electron chi connectivity index (χ0n) is 16.4. The van der Waals surface area contributed by atoms with Gasteiger partial charge in [0.25, 0.3) is 5.69 Å². The van der Waals surface area contributed by atoms with Crippen molar-refractivity contribution in [3.05, 3.63) is 57.6 Å². The second-order valence-corrected chi connectivity index (χ2v) is 6.63. The van der Waals surface area contributed by atoms with E-state index in [1.807, 2.05) is 13.0 Å². The minimum atomic E-state index is -0.550. The SMILES string of the molecule is CC(=O)C(C)c1ccc(N)c(N)c1.CC(=O)C(C)c1ccc(N)c([N+](=O)[O-])c1. The molecule has 2 aromatic carbocycles. The molecule has 0 radical (unpaired) electrons. The predicted octanol–water partition coefficient (Wildman–Crippen LogP) is 3.41. The molecule has 0 heterocycles. The van der Waals surface area contributed by atoms with Crippen molar-refractivity contribution >= 4 is 34.3 Å². The maximum atomic E-state index is 11.1. The lowest BCUT2D eigenvalue weighted by Gasteiger charge is -2.09. The van der Waals surface area contributed by atoms with Gasteiger partial charge in [-0.3, -0.25) is 19.7 Å². The maximum absolute atomic E-state index is 11.1. The van der Waals surface area contributed by atoms with Crippen LogP contribution in [-0.2, 0) is 9.59 Å². The van der Waals surface area contributed by atoms with Gasteiger partial charge in [0.1, 0.15) is 17.3 Å². The summed E-state index contributed by atoms with van der Waals surface area (Å²) in [4.78, 5) is 32.2. The summed E-state index contributed by atoms with van der Waals surface area (Å²) in [7, 11) is 0. The van der Waals surface area contributed by atoms with Gasteiger partial charge in [-0.2, -0.15) is 0 Å². The first kappa shape index (κ1) is 22.6. The van der Waals surface area contributed by atoms with Gasteiger partial charge < -0.3 is 17.2 Å². The highest BCUT2D eigenvalue weighted by Crippen LogP contribution is 2.26. The van der Waals surface area contributed by atoms with Gasteiger partial charge in [-0.15, -0.1) is 0 Å². The molecule has 8 nitrogen and oxygen atoms in total. The Bertz CT molecular complexity index is 896. The molecule has 0 fully saturated rings. The number of hydrogen-bond acceptors (Lipinski definition) is 7. The molecule has 8 heteroatoms. The van der Waals surface area contributed by atoms with Crippen molar-refractivity contribution < 1.29 is 14.5 Å².